The van der Waals surface area contributed by atoms with Crippen molar-refractivity contribution in [3.05, 3.63) is 65.2 Å². The summed E-state index contributed by atoms with van der Waals surface area (Å²) in [5.41, 5.74) is 8.72. The second-order valence-corrected chi connectivity index (χ2v) is 9.18. The molecule has 2 aliphatic rings. The zero-order valence-corrected chi connectivity index (χ0v) is 20.4. The molecule has 0 aromatic heterocycles. The number of thioether (sulfide) groups is 1. The summed E-state index contributed by atoms with van der Waals surface area (Å²) in [6.07, 6.45) is 4.02. The van der Waals surface area contributed by atoms with Crippen LogP contribution in [0.3, 0.4) is 0 Å². The number of aliphatic carboxylic acids is 1. The number of hydrogen-bond acceptors (Lipinski definition) is 7. The second kappa shape index (κ2) is 13.2. The van der Waals surface area contributed by atoms with E-state index in [2.05, 4.69) is 15.9 Å². The third-order valence-electron chi connectivity index (χ3n) is 5.84. The fourth-order valence-corrected chi connectivity index (χ4v) is 4.88. The number of ether oxygens (including phenoxy) is 1. The first-order valence-electron chi connectivity index (χ1n) is 11.5. The summed E-state index contributed by atoms with van der Waals surface area (Å²) in [6, 6.07) is 15.5. The molecule has 1 saturated heterocycles. The van der Waals surface area contributed by atoms with E-state index in [1.54, 1.807) is 23.9 Å². The number of fused-ring (bicyclic) bond motifs is 1. The lowest BCUT2D eigenvalue weighted by molar-refractivity contribution is -0.132. The number of carboxylic acids is 1. The Bertz CT molecular complexity index is 1000. The maximum absolute atomic E-state index is 11.6. The van der Waals surface area contributed by atoms with Crippen molar-refractivity contribution in [2.45, 2.75) is 17.7 Å². The van der Waals surface area contributed by atoms with Gasteiger partial charge in [-0.1, -0.05) is 24.3 Å². The quantitative estimate of drug-likeness (QED) is 0.456. The van der Waals surface area contributed by atoms with Gasteiger partial charge in [0.05, 0.1) is 12.7 Å². The Morgan fingerprint density at radius 2 is 1.82 bits per heavy atom. The van der Waals surface area contributed by atoms with Gasteiger partial charge in [-0.25, -0.2) is 9.59 Å². The highest BCUT2D eigenvalue weighted by Crippen LogP contribution is 2.31. The highest BCUT2D eigenvalue weighted by Gasteiger charge is 2.18. The number of benzene rings is 2. The number of carbonyl (C=O) groups excluding carboxylic acids is 1. The molecule has 0 radical (unpaired) electrons. The Labute approximate surface area is 205 Å². The number of esters is 1. The first kappa shape index (κ1) is 25.8. The number of piperazine rings is 1. The minimum absolute atomic E-state index is 0.280. The first-order valence-corrected chi connectivity index (χ1v) is 12.5. The molecule has 0 amide bonds. The van der Waals surface area contributed by atoms with Gasteiger partial charge in [0.2, 0.25) is 0 Å². The number of carboxylic acid groups (broad SMARTS) is 1. The Balaban J connectivity index is 0.000000212. The Kier molecular flexibility index (Phi) is 10.00. The van der Waals surface area contributed by atoms with Crippen LogP contribution in [0.15, 0.2) is 59.0 Å². The molecule has 2 heterocycles. The van der Waals surface area contributed by atoms with Crippen molar-refractivity contribution in [1.82, 2.24) is 4.90 Å². The molecule has 0 aliphatic carbocycles. The third-order valence-corrected chi connectivity index (χ3v) is 6.98. The Morgan fingerprint density at radius 1 is 1.06 bits per heavy atom. The highest BCUT2D eigenvalue weighted by molar-refractivity contribution is 7.99. The summed E-state index contributed by atoms with van der Waals surface area (Å²) >= 11 is 1.58. The lowest BCUT2D eigenvalue weighted by Gasteiger charge is -2.36. The summed E-state index contributed by atoms with van der Waals surface area (Å²) in [5, 5.41) is 8.78. The van der Waals surface area contributed by atoms with Gasteiger partial charge in [0.1, 0.15) is 0 Å². The number of hydrogen-bond donors (Lipinski definition) is 2. The van der Waals surface area contributed by atoms with Crippen LogP contribution >= 0.6 is 11.8 Å². The maximum atomic E-state index is 11.6. The fraction of sp³-hybridized carbons (Fsp3) is 0.385. The molecule has 2 aromatic rings. The molecule has 4 rings (SSSR count). The predicted octanol–water partition coefficient (Wildman–Crippen LogP) is 3.59. The van der Waals surface area contributed by atoms with Gasteiger partial charge in [0.15, 0.2) is 0 Å². The van der Waals surface area contributed by atoms with Crippen LogP contribution in [0.25, 0.3) is 6.08 Å². The average molecular weight is 484 g/mol. The number of anilines is 1. The molecule has 3 N–H and O–H groups in total. The zero-order valence-electron chi connectivity index (χ0n) is 19.6. The number of rotatable bonds is 7. The summed E-state index contributed by atoms with van der Waals surface area (Å²) in [6.45, 7) is 6.02. The molecule has 2 aliphatic heterocycles. The summed E-state index contributed by atoms with van der Waals surface area (Å²) in [7, 11) is 1.41. The molecule has 8 heteroatoms. The van der Waals surface area contributed by atoms with Gasteiger partial charge in [0, 0.05) is 48.1 Å². The van der Waals surface area contributed by atoms with Gasteiger partial charge in [-0.3, -0.25) is 4.90 Å². The molecule has 0 spiro atoms. The van der Waals surface area contributed by atoms with Crippen molar-refractivity contribution in [3.8, 4) is 0 Å². The first-order chi connectivity index (χ1) is 16.5. The van der Waals surface area contributed by atoms with Crippen LogP contribution < -0.4 is 10.6 Å². The standard InChI is InChI=1S/C16H25N3O2.C10H8O2S/c1-21-16(20)14-5-4-6-15(13-14)19-11-9-18(10-12-19)8-3-2-7-17;11-10(12)8-5-7-3-1-2-4-9(7)13-6-8/h4-6,13H,2-3,7-12,17H2,1H3;1-5H,6H2,(H,11,12). The van der Waals surface area contributed by atoms with E-state index in [1.165, 1.54) is 13.5 Å². The topological polar surface area (TPSA) is 96.1 Å². The van der Waals surface area contributed by atoms with Gasteiger partial charge < -0.3 is 20.5 Å². The molecule has 0 saturated carbocycles. The molecular formula is C26H33N3O4S. The van der Waals surface area contributed by atoms with E-state index >= 15 is 0 Å². The number of carbonyl (C=O) groups is 2. The lowest BCUT2D eigenvalue weighted by Crippen LogP contribution is -2.46. The van der Waals surface area contributed by atoms with Gasteiger partial charge in [0.25, 0.3) is 0 Å². The van der Waals surface area contributed by atoms with Crippen molar-refractivity contribution in [1.29, 1.82) is 0 Å². The van der Waals surface area contributed by atoms with Gasteiger partial charge in [-0.2, -0.15) is 0 Å². The van der Waals surface area contributed by atoms with Gasteiger partial charge in [-0.15, -0.1) is 11.8 Å². The molecule has 1 fully saturated rings. The normalized spacial score (nSPS) is 15.5. The van der Waals surface area contributed by atoms with Crippen LogP contribution in [0.5, 0.6) is 0 Å². The van der Waals surface area contributed by atoms with E-state index in [1.807, 2.05) is 36.4 Å². The Hall–Kier alpha value is -2.81. The highest BCUT2D eigenvalue weighted by atomic mass is 32.2. The van der Waals surface area contributed by atoms with Crippen LogP contribution in [0.2, 0.25) is 0 Å². The molecule has 7 nitrogen and oxygen atoms in total. The summed E-state index contributed by atoms with van der Waals surface area (Å²) < 4.78 is 4.77. The number of nitrogens with two attached hydrogens (primary N) is 1. The summed E-state index contributed by atoms with van der Waals surface area (Å²) in [4.78, 5) is 28.2. The van der Waals surface area contributed by atoms with Crippen molar-refractivity contribution in [2.24, 2.45) is 5.73 Å². The molecule has 2 aromatic carbocycles. The average Bonchev–Trinajstić information content (AvgIpc) is 2.89. The van der Waals surface area contributed by atoms with Crippen LogP contribution in [0.1, 0.15) is 28.8 Å². The van der Waals surface area contributed by atoms with Gasteiger partial charge >= 0.3 is 11.9 Å². The van der Waals surface area contributed by atoms with E-state index in [4.69, 9.17) is 15.6 Å². The van der Waals surface area contributed by atoms with Gasteiger partial charge in [-0.05, 0) is 61.8 Å². The van der Waals surface area contributed by atoms with E-state index in [9.17, 15) is 9.59 Å². The molecule has 182 valence electrons. The molecule has 34 heavy (non-hydrogen) atoms. The van der Waals surface area contributed by atoms with Crippen molar-refractivity contribution in [2.75, 3.05) is 57.0 Å². The van der Waals surface area contributed by atoms with Crippen LogP contribution in [0.4, 0.5) is 5.69 Å². The van der Waals surface area contributed by atoms with Crippen molar-refractivity contribution < 1.29 is 19.4 Å². The second-order valence-electron chi connectivity index (χ2n) is 8.17. The largest absolute Gasteiger partial charge is 0.478 e. The number of methoxy groups -OCH3 is 1. The van der Waals surface area contributed by atoms with E-state index in [-0.39, 0.29) is 5.97 Å². The molecule has 0 atom stereocenters. The van der Waals surface area contributed by atoms with Crippen LogP contribution in [0, 0.1) is 0 Å². The summed E-state index contributed by atoms with van der Waals surface area (Å²) in [5.74, 6) is -0.536. The zero-order chi connectivity index (χ0) is 24.3. The number of unbranched alkanes of at least 4 members (excludes halogenated alkanes) is 1. The maximum Gasteiger partial charge on any atom is 0.337 e. The van der Waals surface area contributed by atoms with Crippen molar-refractivity contribution in [3.63, 3.8) is 0 Å². The molecular weight excluding hydrogens is 450 g/mol. The Morgan fingerprint density at radius 3 is 2.53 bits per heavy atom. The van der Waals surface area contributed by atoms with Crippen molar-refractivity contribution >= 4 is 35.5 Å². The number of nitrogens with zero attached hydrogens (tertiary/aromatic N) is 2. The lowest BCUT2D eigenvalue weighted by atomic mass is 10.1. The predicted molar refractivity (Wildman–Crippen MR) is 138 cm³/mol. The SMILES string of the molecule is COC(=O)c1cccc(N2CCN(CCCCN)CC2)c1.O=C(O)C1=Cc2ccccc2SC1. The smallest absolute Gasteiger partial charge is 0.337 e. The minimum atomic E-state index is -0.818. The third kappa shape index (κ3) is 7.35. The molecule has 0 unspecified atom stereocenters. The van der Waals surface area contributed by atoms with E-state index in [0.717, 1.165) is 61.8 Å². The van der Waals surface area contributed by atoms with E-state index in [0.29, 0.717) is 16.9 Å². The molecule has 0 bridgehead atoms. The van der Waals surface area contributed by atoms with Crippen LogP contribution in [-0.2, 0) is 9.53 Å². The van der Waals surface area contributed by atoms with Crippen LogP contribution in [-0.4, -0.2) is 74.1 Å². The van der Waals surface area contributed by atoms with E-state index < -0.39 is 5.97 Å². The monoisotopic (exact) mass is 483 g/mol. The fourth-order valence-electron chi connectivity index (χ4n) is 3.90. The minimum Gasteiger partial charge on any atom is -0.478 e.